The molecule has 0 unspecified atom stereocenters. The summed E-state index contributed by atoms with van der Waals surface area (Å²) in [5.41, 5.74) is 7.12. The molecule has 4 nitrogen and oxygen atoms in total. The summed E-state index contributed by atoms with van der Waals surface area (Å²) in [7, 11) is 0. The topological polar surface area (TPSA) is 59.2 Å². The highest BCUT2D eigenvalue weighted by atomic mass is 16.2. The Kier molecular flexibility index (Phi) is 5.53. The Morgan fingerprint density at radius 2 is 1.95 bits per heavy atom. The predicted octanol–water partition coefficient (Wildman–Crippen LogP) is 2.13. The Balaban J connectivity index is 1.86. The van der Waals surface area contributed by atoms with E-state index in [9.17, 15) is 4.79 Å². The van der Waals surface area contributed by atoms with Gasteiger partial charge in [0, 0.05) is 37.4 Å². The summed E-state index contributed by atoms with van der Waals surface area (Å²) in [6.07, 6.45) is 9.12. The second kappa shape index (κ2) is 7.39. The summed E-state index contributed by atoms with van der Waals surface area (Å²) in [4.78, 5) is 18.5. The Labute approximate surface area is 121 Å². The molecular formula is C16H25N3O. The van der Waals surface area contributed by atoms with Gasteiger partial charge >= 0.3 is 0 Å². The maximum Gasteiger partial charge on any atom is 0.223 e. The third-order valence-electron chi connectivity index (χ3n) is 4.22. The van der Waals surface area contributed by atoms with Crippen LogP contribution < -0.4 is 5.73 Å². The summed E-state index contributed by atoms with van der Waals surface area (Å²) in [5, 5.41) is 0. The average molecular weight is 275 g/mol. The molecule has 1 aliphatic rings. The molecule has 1 amide bonds. The fraction of sp³-hybridized carbons (Fsp3) is 0.625. The molecular weight excluding hydrogens is 250 g/mol. The lowest BCUT2D eigenvalue weighted by molar-refractivity contribution is -0.134. The van der Waals surface area contributed by atoms with Crippen molar-refractivity contribution in [2.24, 2.45) is 5.73 Å². The van der Waals surface area contributed by atoms with E-state index in [1.165, 1.54) is 5.56 Å². The molecule has 20 heavy (non-hydrogen) atoms. The van der Waals surface area contributed by atoms with Crippen LogP contribution >= 0.6 is 0 Å². The zero-order chi connectivity index (χ0) is 14.4. The molecule has 0 radical (unpaired) electrons. The maximum absolute atomic E-state index is 12.4. The van der Waals surface area contributed by atoms with Gasteiger partial charge in [0.25, 0.3) is 0 Å². The van der Waals surface area contributed by atoms with Crippen LogP contribution in [-0.2, 0) is 11.2 Å². The van der Waals surface area contributed by atoms with Crippen molar-refractivity contribution in [2.45, 2.75) is 57.5 Å². The Morgan fingerprint density at radius 1 is 1.30 bits per heavy atom. The number of aromatic nitrogens is 1. The summed E-state index contributed by atoms with van der Waals surface area (Å²) >= 11 is 0. The minimum absolute atomic E-state index is 0.268. The summed E-state index contributed by atoms with van der Waals surface area (Å²) < 4.78 is 0. The van der Waals surface area contributed by atoms with Gasteiger partial charge < -0.3 is 10.6 Å². The molecule has 110 valence electrons. The molecule has 4 heteroatoms. The monoisotopic (exact) mass is 275 g/mol. The first-order valence-electron chi connectivity index (χ1n) is 7.64. The third-order valence-corrected chi connectivity index (χ3v) is 4.22. The molecule has 1 aromatic heterocycles. The highest BCUT2D eigenvalue weighted by molar-refractivity contribution is 5.76. The van der Waals surface area contributed by atoms with Crippen molar-refractivity contribution in [1.29, 1.82) is 0 Å². The van der Waals surface area contributed by atoms with Gasteiger partial charge in [-0.25, -0.2) is 0 Å². The predicted molar refractivity (Wildman–Crippen MR) is 80.2 cm³/mol. The number of aryl methyl sites for hydroxylation is 1. The fourth-order valence-electron chi connectivity index (χ4n) is 3.00. The van der Waals surface area contributed by atoms with Gasteiger partial charge in [0.15, 0.2) is 0 Å². The highest BCUT2D eigenvalue weighted by Crippen LogP contribution is 2.22. The number of carbonyl (C=O) groups is 1. The number of nitrogens with zero attached hydrogens (tertiary/aromatic N) is 2. The second-order valence-electron chi connectivity index (χ2n) is 5.60. The molecule has 1 aliphatic carbocycles. The van der Waals surface area contributed by atoms with Gasteiger partial charge in [0.05, 0.1) is 0 Å². The van der Waals surface area contributed by atoms with Crippen LogP contribution in [0, 0.1) is 0 Å². The van der Waals surface area contributed by atoms with E-state index in [2.05, 4.69) is 11.9 Å². The largest absolute Gasteiger partial charge is 0.340 e. The standard InChI is InChI=1S/C16H25N3O/c1-2-19(15-6-4-14(17)5-7-15)16(20)8-3-13-9-11-18-12-10-13/h9-12,14-15H,2-8,17H2,1H3. The number of rotatable bonds is 5. The van der Waals surface area contributed by atoms with E-state index >= 15 is 0 Å². The first-order chi connectivity index (χ1) is 9.70. The van der Waals surface area contributed by atoms with Gasteiger partial charge in [-0.05, 0) is 56.7 Å². The van der Waals surface area contributed by atoms with Crippen molar-refractivity contribution >= 4 is 5.91 Å². The lowest BCUT2D eigenvalue weighted by Crippen LogP contribution is -2.44. The van der Waals surface area contributed by atoms with Crippen LogP contribution in [0.15, 0.2) is 24.5 Å². The number of amides is 1. The summed E-state index contributed by atoms with van der Waals surface area (Å²) in [5.74, 6) is 0.268. The lowest BCUT2D eigenvalue weighted by Gasteiger charge is -2.35. The molecule has 1 saturated carbocycles. The zero-order valence-corrected chi connectivity index (χ0v) is 12.3. The van der Waals surface area contributed by atoms with Crippen LogP contribution in [-0.4, -0.2) is 34.4 Å². The molecule has 0 bridgehead atoms. The van der Waals surface area contributed by atoms with Gasteiger partial charge in [0.1, 0.15) is 0 Å². The van der Waals surface area contributed by atoms with Gasteiger partial charge in [0.2, 0.25) is 5.91 Å². The van der Waals surface area contributed by atoms with Crippen molar-refractivity contribution < 1.29 is 4.79 Å². The van der Waals surface area contributed by atoms with E-state index < -0.39 is 0 Å². The fourth-order valence-corrected chi connectivity index (χ4v) is 3.00. The summed E-state index contributed by atoms with van der Waals surface area (Å²) in [6.45, 7) is 2.87. The first-order valence-corrected chi connectivity index (χ1v) is 7.64. The number of nitrogens with two attached hydrogens (primary N) is 1. The smallest absolute Gasteiger partial charge is 0.223 e. The first kappa shape index (κ1) is 15.0. The molecule has 0 aromatic carbocycles. The van der Waals surface area contributed by atoms with Crippen LogP contribution in [0.25, 0.3) is 0 Å². The average Bonchev–Trinajstić information content (AvgIpc) is 2.49. The van der Waals surface area contributed by atoms with Crippen LogP contribution in [0.3, 0.4) is 0 Å². The quantitative estimate of drug-likeness (QED) is 0.895. The SMILES string of the molecule is CCN(C(=O)CCc1ccncc1)C1CCC(N)CC1. The lowest BCUT2D eigenvalue weighted by atomic mass is 9.90. The van der Waals surface area contributed by atoms with Gasteiger partial charge in [-0.1, -0.05) is 0 Å². The van der Waals surface area contributed by atoms with E-state index in [4.69, 9.17) is 5.73 Å². The molecule has 0 saturated heterocycles. The number of hydrogen-bond acceptors (Lipinski definition) is 3. The van der Waals surface area contributed by atoms with Crippen molar-refractivity contribution in [3.63, 3.8) is 0 Å². The Morgan fingerprint density at radius 3 is 2.55 bits per heavy atom. The molecule has 1 fully saturated rings. The van der Waals surface area contributed by atoms with Crippen LogP contribution in [0.2, 0.25) is 0 Å². The van der Waals surface area contributed by atoms with E-state index in [-0.39, 0.29) is 5.91 Å². The van der Waals surface area contributed by atoms with E-state index in [0.717, 1.165) is 38.6 Å². The Bertz CT molecular complexity index is 413. The molecule has 1 heterocycles. The molecule has 0 spiro atoms. The third kappa shape index (κ3) is 4.04. The van der Waals surface area contributed by atoms with Crippen molar-refractivity contribution in [3.05, 3.63) is 30.1 Å². The number of pyridine rings is 1. The highest BCUT2D eigenvalue weighted by Gasteiger charge is 2.26. The minimum Gasteiger partial charge on any atom is -0.340 e. The van der Waals surface area contributed by atoms with Crippen molar-refractivity contribution in [2.75, 3.05) is 6.54 Å². The van der Waals surface area contributed by atoms with Crippen LogP contribution in [0.5, 0.6) is 0 Å². The molecule has 2 N–H and O–H groups in total. The van der Waals surface area contributed by atoms with Crippen molar-refractivity contribution in [3.8, 4) is 0 Å². The second-order valence-corrected chi connectivity index (χ2v) is 5.60. The number of carbonyl (C=O) groups excluding carboxylic acids is 1. The molecule has 0 aliphatic heterocycles. The van der Waals surface area contributed by atoms with Gasteiger partial charge in [-0.3, -0.25) is 9.78 Å². The van der Waals surface area contributed by atoms with Crippen LogP contribution in [0.1, 0.15) is 44.6 Å². The molecule has 0 atom stereocenters. The van der Waals surface area contributed by atoms with Gasteiger partial charge in [-0.2, -0.15) is 0 Å². The molecule has 2 rings (SSSR count). The van der Waals surface area contributed by atoms with E-state index in [1.54, 1.807) is 12.4 Å². The van der Waals surface area contributed by atoms with E-state index in [0.29, 0.717) is 18.5 Å². The summed E-state index contributed by atoms with van der Waals surface area (Å²) in [6, 6.07) is 4.67. The van der Waals surface area contributed by atoms with Crippen molar-refractivity contribution in [1.82, 2.24) is 9.88 Å². The van der Waals surface area contributed by atoms with E-state index in [1.807, 2.05) is 17.0 Å². The maximum atomic E-state index is 12.4. The minimum atomic E-state index is 0.268. The Hall–Kier alpha value is -1.42. The zero-order valence-electron chi connectivity index (χ0n) is 12.3. The molecule has 1 aromatic rings. The normalized spacial score (nSPS) is 22.5. The van der Waals surface area contributed by atoms with Crippen LogP contribution in [0.4, 0.5) is 0 Å². The van der Waals surface area contributed by atoms with Gasteiger partial charge in [-0.15, -0.1) is 0 Å². The number of hydrogen-bond donors (Lipinski definition) is 1.